The third kappa shape index (κ3) is 0.878. The Morgan fingerprint density at radius 2 is 2.21 bits per heavy atom. The Balaban J connectivity index is 2.11. The number of nitrogens with zero attached hydrogens (tertiary/aromatic N) is 1. The fourth-order valence-corrected chi connectivity index (χ4v) is 1.82. The van der Waals surface area contributed by atoms with Crippen LogP contribution in [0.4, 0.5) is 0 Å². The van der Waals surface area contributed by atoms with Gasteiger partial charge in [0.25, 0.3) is 5.91 Å². The Hall–Kier alpha value is -1.84. The lowest BCUT2D eigenvalue weighted by Gasteiger charge is -2.17. The van der Waals surface area contributed by atoms with E-state index >= 15 is 0 Å². The number of carbonyl (C=O) groups is 1. The summed E-state index contributed by atoms with van der Waals surface area (Å²) in [6.45, 7) is 0. The summed E-state index contributed by atoms with van der Waals surface area (Å²) in [7, 11) is 0. The van der Waals surface area contributed by atoms with Gasteiger partial charge in [0.15, 0.2) is 0 Å². The molecule has 1 aromatic carbocycles. The van der Waals surface area contributed by atoms with Gasteiger partial charge >= 0.3 is 0 Å². The third-order valence-corrected chi connectivity index (χ3v) is 2.48. The lowest BCUT2D eigenvalue weighted by molar-refractivity contribution is -0.126. The van der Waals surface area contributed by atoms with Crippen molar-refractivity contribution >= 4 is 12.2 Å². The molecule has 14 heavy (non-hydrogen) atoms. The zero-order chi connectivity index (χ0) is 9.54. The van der Waals surface area contributed by atoms with Crippen molar-refractivity contribution in [3.63, 3.8) is 0 Å². The van der Waals surface area contributed by atoms with Gasteiger partial charge in [0.05, 0.1) is 6.34 Å². The number of ether oxygens (including phenoxy) is 1. The maximum absolute atomic E-state index is 11.4. The summed E-state index contributed by atoms with van der Waals surface area (Å²) >= 11 is 0. The summed E-state index contributed by atoms with van der Waals surface area (Å²) in [6.07, 6.45) is 0.951. The van der Waals surface area contributed by atoms with Gasteiger partial charge in [0.1, 0.15) is 11.8 Å². The van der Waals surface area contributed by atoms with Gasteiger partial charge in [0, 0.05) is 5.56 Å². The highest BCUT2D eigenvalue weighted by Crippen LogP contribution is 2.39. The fourth-order valence-electron chi connectivity index (χ4n) is 1.82. The first-order valence-electron chi connectivity index (χ1n) is 4.44. The Labute approximate surface area is 80.6 Å². The van der Waals surface area contributed by atoms with E-state index < -0.39 is 6.10 Å². The van der Waals surface area contributed by atoms with Crippen molar-refractivity contribution in [3.05, 3.63) is 29.8 Å². The summed E-state index contributed by atoms with van der Waals surface area (Å²) in [5, 5.41) is 2.53. The molecule has 0 bridgehead atoms. The maximum Gasteiger partial charge on any atom is 0.268 e. The van der Waals surface area contributed by atoms with Crippen LogP contribution in [0, 0.1) is 0 Å². The van der Waals surface area contributed by atoms with E-state index in [0.29, 0.717) is 0 Å². The third-order valence-electron chi connectivity index (χ3n) is 2.48. The summed E-state index contributed by atoms with van der Waals surface area (Å²) in [5.41, 5.74) is 0.989. The van der Waals surface area contributed by atoms with Crippen molar-refractivity contribution in [2.24, 2.45) is 4.99 Å². The minimum Gasteiger partial charge on any atom is -0.478 e. The molecule has 1 amide bonds. The summed E-state index contributed by atoms with van der Waals surface area (Å²) in [5.74, 6) is 0.637. The van der Waals surface area contributed by atoms with Crippen LogP contribution >= 0.6 is 0 Å². The lowest BCUT2D eigenvalue weighted by Crippen LogP contribution is -2.42. The molecule has 0 aromatic heterocycles. The van der Waals surface area contributed by atoms with Gasteiger partial charge in [-0.3, -0.25) is 9.79 Å². The van der Waals surface area contributed by atoms with E-state index in [2.05, 4.69) is 10.3 Å². The molecule has 0 aliphatic carbocycles. The number of carbonyl (C=O) groups excluding carboxylic acids is 1. The first-order chi connectivity index (χ1) is 6.86. The van der Waals surface area contributed by atoms with Gasteiger partial charge in [0.2, 0.25) is 6.10 Å². The molecule has 3 rings (SSSR count). The molecule has 0 saturated heterocycles. The van der Waals surface area contributed by atoms with Crippen molar-refractivity contribution in [1.29, 1.82) is 0 Å². The molecule has 0 fully saturated rings. The monoisotopic (exact) mass is 188 g/mol. The molecule has 2 unspecified atom stereocenters. The average molecular weight is 188 g/mol. The Bertz CT molecular complexity index is 428. The molecule has 2 aliphatic heterocycles. The molecule has 0 spiro atoms. The van der Waals surface area contributed by atoms with Crippen molar-refractivity contribution in [2.45, 2.75) is 12.1 Å². The van der Waals surface area contributed by atoms with Gasteiger partial charge in [-0.15, -0.1) is 0 Å². The zero-order valence-corrected chi connectivity index (χ0v) is 7.31. The van der Waals surface area contributed by atoms with Crippen LogP contribution in [0.15, 0.2) is 29.3 Å². The minimum atomic E-state index is -0.489. The first kappa shape index (κ1) is 7.55. The van der Waals surface area contributed by atoms with Crippen LogP contribution < -0.4 is 10.1 Å². The summed E-state index contributed by atoms with van der Waals surface area (Å²) in [4.78, 5) is 15.6. The number of fused-ring (bicyclic) bond motifs is 3. The second-order valence-corrected chi connectivity index (χ2v) is 3.31. The number of amides is 1. The minimum absolute atomic E-state index is 0.124. The highest BCUT2D eigenvalue weighted by atomic mass is 16.5. The number of aliphatic imine (C=N–C) groups is 1. The van der Waals surface area contributed by atoms with Crippen molar-refractivity contribution in [3.8, 4) is 5.75 Å². The van der Waals surface area contributed by atoms with Crippen LogP contribution in [0.2, 0.25) is 0 Å². The van der Waals surface area contributed by atoms with Crippen molar-refractivity contribution in [2.75, 3.05) is 0 Å². The lowest BCUT2D eigenvalue weighted by atomic mass is 10.0. The highest BCUT2D eigenvalue weighted by molar-refractivity contribution is 5.94. The summed E-state index contributed by atoms with van der Waals surface area (Å²) in [6, 6.07) is 7.44. The quantitative estimate of drug-likeness (QED) is 0.649. The van der Waals surface area contributed by atoms with E-state index in [1.54, 1.807) is 0 Å². The van der Waals surface area contributed by atoms with Crippen LogP contribution in [-0.4, -0.2) is 18.3 Å². The molecule has 0 radical (unpaired) electrons. The standard InChI is InChI=1S/C10H8N2O2/c13-10-9-8(11-5-12-10)6-3-1-2-4-7(6)14-9/h1-5,8-9H,(H,11,12,13). The topological polar surface area (TPSA) is 50.7 Å². The number of hydrogen-bond donors (Lipinski definition) is 1. The Morgan fingerprint density at radius 1 is 1.36 bits per heavy atom. The first-order valence-corrected chi connectivity index (χ1v) is 4.44. The molecular formula is C10H8N2O2. The Morgan fingerprint density at radius 3 is 3.14 bits per heavy atom. The predicted molar refractivity (Wildman–Crippen MR) is 50.2 cm³/mol. The molecule has 70 valence electrons. The van der Waals surface area contributed by atoms with Crippen molar-refractivity contribution < 1.29 is 9.53 Å². The molecular weight excluding hydrogens is 180 g/mol. The number of benzene rings is 1. The molecule has 4 heteroatoms. The van der Waals surface area contributed by atoms with E-state index in [1.807, 2.05) is 24.3 Å². The number of nitrogens with one attached hydrogen (secondary N) is 1. The van der Waals surface area contributed by atoms with Crippen molar-refractivity contribution in [1.82, 2.24) is 5.32 Å². The van der Waals surface area contributed by atoms with E-state index in [4.69, 9.17) is 4.74 Å². The SMILES string of the molecule is O=C1NC=NC2c3ccccc3OC12. The Kier molecular flexibility index (Phi) is 1.39. The summed E-state index contributed by atoms with van der Waals surface area (Å²) < 4.78 is 5.50. The molecule has 2 heterocycles. The van der Waals surface area contributed by atoms with Crippen LogP contribution in [-0.2, 0) is 4.79 Å². The van der Waals surface area contributed by atoms with Gasteiger partial charge in [-0.25, -0.2) is 0 Å². The van der Waals surface area contributed by atoms with Gasteiger partial charge in [-0.2, -0.15) is 0 Å². The van der Waals surface area contributed by atoms with E-state index in [0.717, 1.165) is 11.3 Å². The van der Waals surface area contributed by atoms with Crippen LogP contribution in [0.5, 0.6) is 5.75 Å². The number of hydrogen-bond acceptors (Lipinski definition) is 3. The number of para-hydroxylation sites is 1. The second kappa shape index (κ2) is 2.57. The van der Waals surface area contributed by atoms with Crippen LogP contribution in [0.3, 0.4) is 0 Å². The molecule has 0 saturated carbocycles. The smallest absolute Gasteiger partial charge is 0.268 e. The van der Waals surface area contributed by atoms with Gasteiger partial charge in [-0.05, 0) is 6.07 Å². The molecule has 2 aliphatic rings. The molecule has 1 N–H and O–H groups in total. The zero-order valence-electron chi connectivity index (χ0n) is 7.31. The normalized spacial score (nSPS) is 27.6. The predicted octanol–water partition coefficient (Wildman–Crippen LogP) is 0.647. The maximum atomic E-state index is 11.4. The number of rotatable bonds is 0. The van der Waals surface area contributed by atoms with Gasteiger partial charge < -0.3 is 10.1 Å². The van der Waals surface area contributed by atoms with E-state index in [1.165, 1.54) is 6.34 Å². The largest absolute Gasteiger partial charge is 0.478 e. The van der Waals surface area contributed by atoms with Crippen LogP contribution in [0.1, 0.15) is 11.6 Å². The fraction of sp³-hybridized carbons (Fsp3) is 0.200. The van der Waals surface area contributed by atoms with E-state index in [9.17, 15) is 4.79 Å². The average Bonchev–Trinajstić information content (AvgIpc) is 2.59. The van der Waals surface area contributed by atoms with E-state index in [-0.39, 0.29) is 11.9 Å². The van der Waals surface area contributed by atoms with Gasteiger partial charge in [-0.1, -0.05) is 18.2 Å². The molecule has 1 aromatic rings. The highest BCUT2D eigenvalue weighted by Gasteiger charge is 2.40. The molecule has 2 atom stereocenters. The second-order valence-electron chi connectivity index (χ2n) is 3.31. The van der Waals surface area contributed by atoms with Crippen LogP contribution in [0.25, 0.3) is 0 Å². The molecule has 4 nitrogen and oxygen atoms in total.